The maximum absolute atomic E-state index is 4.64. The maximum Gasteiger partial charge on any atom is 0.225 e. The van der Waals surface area contributed by atoms with Crippen molar-refractivity contribution in [2.45, 2.75) is 46.2 Å². The van der Waals surface area contributed by atoms with E-state index in [-0.39, 0.29) is 0 Å². The molecule has 0 radical (unpaired) electrons. The standard InChI is InChI=1S/C17H24N4/c1-5-13(4)19-17-20-15(14-9-7-6-8-10-14)11-16(21-17)18-12(2)3/h6-13H,5H2,1-4H3,(H2,18,19,20,21)/t13-/m0/s1. The van der Waals surface area contributed by atoms with Gasteiger partial charge in [-0.25, -0.2) is 4.98 Å². The number of nitrogens with one attached hydrogen (secondary N) is 2. The third kappa shape index (κ3) is 4.45. The van der Waals surface area contributed by atoms with Crippen molar-refractivity contribution < 1.29 is 0 Å². The van der Waals surface area contributed by atoms with Gasteiger partial charge in [0.1, 0.15) is 5.82 Å². The van der Waals surface area contributed by atoms with E-state index in [1.807, 2.05) is 24.3 Å². The molecule has 0 aliphatic carbocycles. The molecule has 2 aromatic rings. The quantitative estimate of drug-likeness (QED) is 0.835. The highest BCUT2D eigenvalue weighted by Gasteiger charge is 2.09. The lowest BCUT2D eigenvalue weighted by molar-refractivity contribution is 0.752. The van der Waals surface area contributed by atoms with E-state index in [0.717, 1.165) is 23.5 Å². The number of benzene rings is 1. The maximum atomic E-state index is 4.64. The van der Waals surface area contributed by atoms with E-state index in [9.17, 15) is 0 Å². The lowest BCUT2D eigenvalue weighted by atomic mass is 10.1. The molecule has 0 amide bonds. The summed E-state index contributed by atoms with van der Waals surface area (Å²) in [6, 6.07) is 12.9. The Balaban J connectivity index is 2.37. The SMILES string of the molecule is CC[C@H](C)Nc1nc(NC(C)C)cc(-c2ccccc2)n1. The van der Waals surface area contributed by atoms with E-state index in [1.54, 1.807) is 0 Å². The van der Waals surface area contributed by atoms with Crippen LogP contribution >= 0.6 is 0 Å². The first-order chi connectivity index (χ1) is 10.1. The van der Waals surface area contributed by atoms with Crippen molar-refractivity contribution in [1.82, 2.24) is 9.97 Å². The van der Waals surface area contributed by atoms with Crippen LogP contribution in [0.2, 0.25) is 0 Å². The molecule has 21 heavy (non-hydrogen) atoms. The van der Waals surface area contributed by atoms with Gasteiger partial charge in [0.2, 0.25) is 5.95 Å². The average Bonchev–Trinajstić information content (AvgIpc) is 2.47. The minimum Gasteiger partial charge on any atom is -0.368 e. The van der Waals surface area contributed by atoms with Crippen molar-refractivity contribution in [3.05, 3.63) is 36.4 Å². The number of hydrogen-bond acceptors (Lipinski definition) is 4. The first kappa shape index (κ1) is 15.3. The van der Waals surface area contributed by atoms with Crippen LogP contribution in [0, 0.1) is 0 Å². The summed E-state index contributed by atoms with van der Waals surface area (Å²) >= 11 is 0. The normalized spacial score (nSPS) is 12.2. The summed E-state index contributed by atoms with van der Waals surface area (Å²) in [5.74, 6) is 1.53. The first-order valence-electron chi connectivity index (χ1n) is 7.56. The van der Waals surface area contributed by atoms with Gasteiger partial charge in [-0.3, -0.25) is 0 Å². The van der Waals surface area contributed by atoms with Crippen LogP contribution in [-0.4, -0.2) is 22.1 Å². The molecule has 4 nitrogen and oxygen atoms in total. The number of nitrogens with zero attached hydrogens (tertiary/aromatic N) is 2. The largest absolute Gasteiger partial charge is 0.368 e. The van der Waals surface area contributed by atoms with E-state index in [2.05, 4.69) is 60.4 Å². The van der Waals surface area contributed by atoms with Crippen LogP contribution in [-0.2, 0) is 0 Å². The molecular formula is C17H24N4. The molecule has 2 N–H and O–H groups in total. The summed E-state index contributed by atoms with van der Waals surface area (Å²) in [5, 5.41) is 6.71. The Labute approximate surface area is 127 Å². The molecule has 112 valence electrons. The van der Waals surface area contributed by atoms with E-state index in [4.69, 9.17) is 0 Å². The van der Waals surface area contributed by atoms with E-state index >= 15 is 0 Å². The van der Waals surface area contributed by atoms with Crippen molar-refractivity contribution in [3.63, 3.8) is 0 Å². The zero-order chi connectivity index (χ0) is 15.2. The van der Waals surface area contributed by atoms with Gasteiger partial charge in [0, 0.05) is 23.7 Å². The Morgan fingerprint density at radius 2 is 1.71 bits per heavy atom. The van der Waals surface area contributed by atoms with Crippen LogP contribution in [0.15, 0.2) is 36.4 Å². The molecule has 0 aliphatic rings. The lowest BCUT2D eigenvalue weighted by Crippen LogP contribution is -2.18. The van der Waals surface area contributed by atoms with Crippen LogP contribution in [0.1, 0.15) is 34.1 Å². The summed E-state index contributed by atoms with van der Waals surface area (Å²) in [4.78, 5) is 9.19. The molecule has 0 spiro atoms. The monoisotopic (exact) mass is 284 g/mol. The summed E-state index contributed by atoms with van der Waals surface area (Å²) in [7, 11) is 0. The van der Waals surface area contributed by atoms with Gasteiger partial charge in [-0.2, -0.15) is 4.98 Å². The third-order valence-electron chi connectivity index (χ3n) is 3.22. The second kappa shape index (κ2) is 7.07. The molecule has 1 aromatic carbocycles. The zero-order valence-electron chi connectivity index (χ0n) is 13.2. The van der Waals surface area contributed by atoms with Gasteiger partial charge in [0.05, 0.1) is 5.69 Å². The number of rotatable bonds is 6. The predicted octanol–water partition coefficient (Wildman–Crippen LogP) is 4.17. The second-order valence-electron chi connectivity index (χ2n) is 5.58. The molecule has 0 bridgehead atoms. The van der Waals surface area contributed by atoms with Crippen LogP contribution in [0.4, 0.5) is 11.8 Å². The lowest BCUT2D eigenvalue weighted by Gasteiger charge is -2.15. The summed E-state index contributed by atoms with van der Waals surface area (Å²) in [6.45, 7) is 8.48. The molecule has 0 aliphatic heterocycles. The average molecular weight is 284 g/mol. The van der Waals surface area contributed by atoms with Crippen molar-refractivity contribution in [1.29, 1.82) is 0 Å². The molecule has 1 atom stereocenters. The van der Waals surface area contributed by atoms with Crippen LogP contribution < -0.4 is 10.6 Å². The molecular weight excluding hydrogens is 260 g/mol. The van der Waals surface area contributed by atoms with Crippen LogP contribution in [0.25, 0.3) is 11.3 Å². The highest BCUT2D eigenvalue weighted by molar-refractivity contribution is 5.64. The van der Waals surface area contributed by atoms with E-state index in [1.165, 1.54) is 0 Å². The fourth-order valence-corrected chi connectivity index (χ4v) is 1.96. The first-order valence-corrected chi connectivity index (χ1v) is 7.56. The van der Waals surface area contributed by atoms with Crippen LogP contribution in [0.3, 0.4) is 0 Å². The number of anilines is 2. The van der Waals surface area contributed by atoms with E-state index < -0.39 is 0 Å². The fourth-order valence-electron chi connectivity index (χ4n) is 1.96. The van der Waals surface area contributed by atoms with Crippen LogP contribution in [0.5, 0.6) is 0 Å². The smallest absolute Gasteiger partial charge is 0.225 e. The molecule has 0 fully saturated rings. The van der Waals surface area contributed by atoms with Gasteiger partial charge < -0.3 is 10.6 Å². The number of aromatic nitrogens is 2. The Kier molecular flexibility index (Phi) is 5.14. The molecule has 1 aromatic heterocycles. The van der Waals surface area contributed by atoms with Crippen molar-refractivity contribution in [2.24, 2.45) is 0 Å². The molecule has 4 heteroatoms. The number of hydrogen-bond donors (Lipinski definition) is 2. The molecule has 1 heterocycles. The minimum atomic E-state index is 0.333. The Bertz CT molecular complexity index is 566. The predicted molar refractivity (Wildman–Crippen MR) is 89.6 cm³/mol. The third-order valence-corrected chi connectivity index (χ3v) is 3.22. The van der Waals surface area contributed by atoms with Gasteiger partial charge in [-0.05, 0) is 27.2 Å². The van der Waals surface area contributed by atoms with E-state index in [0.29, 0.717) is 18.0 Å². The van der Waals surface area contributed by atoms with Crippen molar-refractivity contribution in [2.75, 3.05) is 10.6 Å². The molecule has 0 unspecified atom stereocenters. The van der Waals surface area contributed by atoms with Crippen molar-refractivity contribution >= 4 is 11.8 Å². The molecule has 0 saturated carbocycles. The van der Waals surface area contributed by atoms with Crippen molar-refractivity contribution in [3.8, 4) is 11.3 Å². The summed E-state index contributed by atoms with van der Waals surface area (Å²) < 4.78 is 0. The molecule has 2 rings (SSSR count). The zero-order valence-corrected chi connectivity index (χ0v) is 13.2. The van der Waals surface area contributed by atoms with Gasteiger partial charge in [-0.1, -0.05) is 37.3 Å². The topological polar surface area (TPSA) is 49.8 Å². The fraction of sp³-hybridized carbons (Fsp3) is 0.412. The summed E-state index contributed by atoms with van der Waals surface area (Å²) in [6.07, 6.45) is 1.03. The Hall–Kier alpha value is -2.10. The highest BCUT2D eigenvalue weighted by Crippen LogP contribution is 2.22. The Morgan fingerprint density at radius 1 is 1.00 bits per heavy atom. The van der Waals surface area contributed by atoms with Gasteiger partial charge in [0.15, 0.2) is 0 Å². The van der Waals surface area contributed by atoms with Gasteiger partial charge in [-0.15, -0.1) is 0 Å². The second-order valence-corrected chi connectivity index (χ2v) is 5.58. The Morgan fingerprint density at radius 3 is 2.33 bits per heavy atom. The molecule has 0 saturated heterocycles. The van der Waals surface area contributed by atoms with Gasteiger partial charge in [0.25, 0.3) is 0 Å². The minimum absolute atomic E-state index is 0.333. The highest BCUT2D eigenvalue weighted by atomic mass is 15.2. The summed E-state index contributed by atoms with van der Waals surface area (Å²) in [5.41, 5.74) is 2.03. The van der Waals surface area contributed by atoms with Gasteiger partial charge >= 0.3 is 0 Å².